The van der Waals surface area contributed by atoms with E-state index in [0.29, 0.717) is 21.2 Å². The highest BCUT2D eigenvalue weighted by atomic mass is 35.5. The summed E-state index contributed by atoms with van der Waals surface area (Å²) in [6.07, 6.45) is 8.39. The van der Waals surface area contributed by atoms with E-state index in [1.807, 2.05) is 48.5 Å². The van der Waals surface area contributed by atoms with Crippen LogP contribution in [0.15, 0.2) is 48.5 Å². The first kappa shape index (κ1) is 24.7. The number of rotatable bonds is 9. The van der Waals surface area contributed by atoms with E-state index in [1.54, 1.807) is 0 Å². The van der Waals surface area contributed by atoms with Crippen LogP contribution in [-0.4, -0.2) is 10.2 Å². The van der Waals surface area contributed by atoms with Crippen molar-refractivity contribution in [3.63, 3.8) is 0 Å². The zero-order valence-electron chi connectivity index (χ0n) is 19.9. The van der Waals surface area contributed by atoms with Gasteiger partial charge in [-0.1, -0.05) is 74.9 Å². The fourth-order valence-corrected chi connectivity index (χ4v) is 5.32. The fraction of sp³-hybridized carbons (Fsp3) is 0.333. The minimum Gasteiger partial charge on any atom is -0.507 e. The lowest BCUT2D eigenvalue weighted by Crippen LogP contribution is -1.95. The summed E-state index contributed by atoms with van der Waals surface area (Å²) in [6.45, 7) is 4.36. The van der Waals surface area contributed by atoms with Gasteiger partial charge in [0, 0.05) is 21.2 Å². The third kappa shape index (κ3) is 4.99. The van der Waals surface area contributed by atoms with Gasteiger partial charge in [0.15, 0.2) is 0 Å². The Morgan fingerprint density at radius 1 is 0.559 bits per heavy atom. The molecule has 0 fully saturated rings. The highest BCUT2D eigenvalue weighted by Crippen LogP contribution is 2.47. The van der Waals surface area contributed by atoms with Crippen LogP contribution in [0, 0.1) is 0 Å². The number of fused-ring (bicyclic) bond motifs is 2. The predicted molar refractivity (Wildman–Crippen MR) is 147 cm³/mol. The van der Waals surface area contributed by atoms with Crippen molar-refractivity contribution in [2.24, 2.45) is 0 Å². The number of benzene rings is 4. The topological polar surface area (TPSA) is 40.5 Å². The van der Waals surface area contributed by atoms with E-state index in [9.17, 15) is 10.2 Å². The molecule has 4 heteroatoms. The van der Waals surface area contributed by atoms with E-state index >= 15 is 0 Å². The number of hydrogen-bond acceptors (Lipinski definition) is 2. The molecule has 0 radical (unpaired) electrons. The quantitative estimate of drug-likeness (QED) is 0.227. The van der Waals surface area contributed by atoms with Crippen LogP contribution in [0.2, 0.25) is 10.0 Å². The third-order valence-electron chi connectivity index (χ3n) is 6.68. The van der Waals surface area contributed by atoms with Gasteiger partial charge in [0.25, 0.3) is 0 Å². The number of phenols is 2. The molecule has 4 aromatic carbocycles. The van der Waals surface area contributed by atoms with Crippen LogP contribution >= 0.6 is 23.2 Å². The monoisotopic (exact) mass is 494 g/mol. The predicted octanol–water partition coefficient (Wildman–Crippen LogP) is 9.84. The van der Waals surface area contributed by atoms with E-state index in [2.05, 4.69) is 13.8 Å². The van der Waals surface area contributed by atoms with E-state index in [-0.39, 0.29) is 11.5 Å². The lowest BCUT2D eigenvalue weighted by molar-refractivity contribution is 0.469. The van der Waals surface area contributed by atoms with Crippen LogP contribution in [0.4, 0.5) is 0 Å². The number of aromatic hydroxyl groups is 2. The van der Waals surface area contributed by atoms with Gasteiger partial charge >= 0.3 is 0 Å². The number of aryl methyl sites for hydroxylation is 2. The molecular weight excluding hydrogens is 463 g/mol. The van der Waals surface area contributed by atoms with Gasteiger partial charge in [-0.05, 0) is 94.8 Å². The highest BCUT2D eigenvalue weighted by Gasteiger charge is 2.21. The first-order chi connectivity index (χ1) is 16.4. The van der Waals surface area contributed by atoms with Crippen molar-refractivity contribution < 1.29 is 10.2 Å². The van der Waals surface area contributed by atoms with Gasteiger partial charge in [0.05, 0.1) is 0 Å². The minimum absolute atomic E-state index is 0.173. The number of phenolic OH excluding ortho intramolecular Hbond substituents is 2. The maximum absolute atomic E-state index is 11.3. The minimum atomic E-state index is 0.173. The molecule has 0 aliphatic rings. The third-order valence-corrected chi connectivity index (χ3v) is 7.15. The summed E-state index contributed by atoms with van der Waals surface area (Å²) in [5.74, 6) is 0.346. The molecule has 0 spiro atoms. The van der Waals surface area contributed by atoms with Gasteiger partial charge in [0.2, 0.25) is 0 Å². The lowest BCUT2D eigenvalue weighted by atomic mass is 9.87. The SMILES string of the molecule is CCCCCc1cc(O)c(-c2c(O)cc(CCCCC)c3cc(Cl)ccc23)c2ccc(Cl)cc12. The van der Waals surface area contributed by atoms with E-state index in [0.717, 1.165) is 84.0 Å². The van der Waals surface area contributed by atoms with Gasteiger partial charge in [-0.15, -0.1) is 0 Å². The largest absolute Gasteiger partial charge is 0.507 e. The molecule has 0 atom stereocenters. The molecule has 0 aliphatic carbocycles. The number of halogens is 2. The molecule has 4 rings (SSSR count). The first-order valence-corrected chi connectivity index (χ1v) is 13.1. The van der Waals surface area contributed by atoms with Crippen LogP contribution < -0.4 is 0 Å². The molecule has 0 aliphatic heterocycles. The van der Waals surface area contributed by atoms with Crippen LogP contribution in [0.3, 0.4) is 0 Å². The Balaban J connectivity index is 1.97. The summed E-state index contributed by atoms with van der Waals surface area (Å²) in [7, 11) is 0. The maximum Gasteiger partial charge on any atom is 0.124 e. The summed E-state index contributed by atoms with van der Waals surface area (Å²) in [6, 6.07) is 15.2. The first-order valence-electron chi connectivity index (χ1n) is 12.3. The molecule has 0 saturated carbocycles. The van der Waals surface area contributed by atoms with E-state index in [1.165, 1.54) is 0 Å². The molecule has 0 aromatic heterocycles. The smallest absolute Gasteiger partial charge is 0.124 e. The van der Waals surface area contributed by atoms with Crippen molar-refractivity contribution >= 4 is 44.7 Å². The van der Waals surface area contributed by atoms with Crippen LogP contribution in [0.5, 0.6) is 11.5 Å². The molecule has 34 heavy (non-hydrogen) atoms. The Morgan fingerprint density at radius 2 is 0.971 bits per heavy atom. The highest BCUT2D eigenvalue weighted by molar-refractivity contribution is 6.32. The van der Waals surface area contributed by atoms with Crippen molar-refractivity contribution in [3.8, 4) is 22.6 Å². The van der Waals surface area contributed by atoms with Gasteiger partial charge < -0.3 is 10.2 Å². The molecule has 0 saturated heterocycles. The van der Waals surface area contributed by atoms with Crippen LogP contribution in [-0.2, 0) is 12.8 Å². The molecule has 0 amide bonds. The zero-order chi connectivity index (χ0) is 24.2. The summed E-state index contributed by atoms with van der Waals surface area (Å²) in [5, 5.41) is 27.7. The second kappa shape index (κ2) is 10.9. The second-order valence-electron chi connectivity index (χ2n) is 9.15. The normalized spacial score (nSPS) is 11.5. The summed E-state index contributed by atoms with van der Waals surface area (Å²) in [5.41, 5.74) is 3.43. The Bertz CT molecular complexity index is 1220. The molecule has 0 heterocycles. The second-order valence-corrected chi connectivity index (χ2v) is 10.0. The molecule has 0 unspecified atom stereocenters. The summed E-state index contributed by atoms with van der Waals surface area (Å²) in [4.78, 5) is 0. The van der Waals surface area contributed by atoms with Gasteiger partial charge in [0.1, 0.15) is 11.5 Å². The Labute approximate surface area is 212 Å². The molecule has 2 nitrogen and oxygen atoms in total. The van der Waals surface area contributed by atoms with Crippen LogP contribution in [0.25, 0.3) is 32.7 Å². The Morgan fingerprint density at radius 3 is 1.35 bits per heavy atom. The Kier molecular flexibility index (Phi) is 7.91. The van der Waals surface area contributed by atoms with E-state index < -0.39 is 0 Å². The van der Waals surface area contributed by atoms with Gasteiger partial charge in [-0.2, -0.15) is 0 Å². The summed E-state index contributed by atoms with van der Waals surface area (Å²) < 4.78 is 0. The standard InChI is InChI=1S/C30H32Cl2O2/c1-3-5-7-9-19-15-27(33)29(23-13-11-21(31)17-25(19)23)30-24-14-12-22(32)18-26(24)20(16-28(30)34)10-8-6-4-2/h11-18,33-34H,3-10H2,1-2H3. The summed E-state index contributed by atoms with van der Waals surface area (Å²) >= 11 is 12.8. The maximum atomic E-state index is 11.3. The van der Waals surface area contributed by atoms with E-state index in [4.69, 9.17) is 23.2 Å². The van der Waals surface area contributed by atoms with Crippen molar-refractivity contribution in [1.29, 1.82) is 0 Å². The molecular formula is C30H32Cl2O2. The van der Waals surface area contributed by atoms with Crippen molar-refractivity contribution in [2.75, 3.05) is 0 Å². The van der Waals surface area contributed by atoms with Crippen molar-refractivity contribution in [2.45, 2.75) is 65.2 Å². The van der Waals surface area contributed by atoms with Crippen LogP contribution in [0.1, 0.15) is 63.5 Å². The average Bonchev–Trinajstić information content (AvgIpc) is 2.81. The molecule has 178 valence electrons. The van der Waals surface area contributed by atoms with Gasteiger partial charge in [-0.3, -0.25) is 0 Å². The molecule has 0 bridgehead atoms. The number of unbranched alkanes of at least 4 members (excludes halogenated alkanes) is 4. The zero-order valence-corrected chi connectivity index (χ0v) is 21.4. The lowest BCUT2D eigenvalue weighted by Gasteiger charge is -2.19. The average molecular weight is 495 g/mol. The van der Waals surface area contributed by atoms with Crippen molar-refractivity contribution in [3.05, 3.63) is 69.7 Å². The molecule has 4 aromatic rings. The fourth-order valence-electron chi connectivity index (χ4n) is 4.98. The number of hydrogen-bond donors (Lipinski definition) is 2. The van der Waals surface area contributed by atoms with Crippen molar-refractivity contribution in [1.82, 2.24) is 0 Å². The molecule has 2 N–H and O–H groups in total. The van der Waals surface area contributed by atoms with Gasteiger partial charge in [-0.25, -0.2) is 0 Å². The Hall–Kier alpha value is -2.42.